The van der Waals surface area contributed by atoms with Crippen molar-refractivity contribution < 1.29 is 43.3 Å². The van der Waals surface area contributed by atoms with Crippen LogP contribution in [0.2, 0.25) is 5.02 Å². The second-order valence-corrected chi connectivity index (χ2v) is 18.8. The van der Waals surface area contributed by atoms with Gasteiger partial charge >= 0.3 is 11.9 Å². The zero-order valence-corrected chi connectivity index (χ0v) is 41.6. The van der Waals surface area contributed by atoms with Gasteiger partial charge in [0.15, 0.2) is 0 Å². The first-order valence-corrected chi connectivity index (χ1v) is 24.8. The Morgan fingerprint density at radius 3 is 1.62 bits per heavy atom. The van der Waals surface area contributed by atoms with Crippen LogP contribution in [-0.4, -0.2) is 82.4 Å². The molecule has 4 N–H and O–H groups in total. The van der Waals surface area contributed by atoms with Crippen molar-refractivity contribution >= 4 is 67.2 Å². The van der Waals surface area contributed by atoms with E-state index in [0.717, 1.165) is 97.3 Å². The van der Waals surface area contributed by atoms with E-state index in [1.807, 2.05) is 26.0 Å². The zero-order chi connectivity index (χ0) is 47.6. The molecule has 0 saturated heterocycles. The number of carbonyl (C=O) groups is 4. The quantitative estimate of drug-likeness (QED) is 0.0438. The van der Waals surface area contributed by atoms with Crippen molar-refractivity contribution in [1.29, 1.82) is 0 Å². The number of aromatic nitrogens is 2. The molecular weight excluding hydrogens is 999 g/mol. The molecule has 0 unspecified atom stereocenters. The maximum absolute atomic E-state index is 14.0. The summed E-state index contributed by atoms with van der Waals surface area (Å²) in [7, 11) is 0. The van der Waals surface area contributed by atoms with Crippen molar-refractivity contribution in [3.05, 3.63) is 124 Å². The number of carbonyl (C=O) groups excluding carboxylic acids is 2. The van der Waals surface area contributed by atoms with E-state index < -0.39 is 41.3 Å². The van der Waals surface area contributed by atoms with Gasteiger partial charge in [-0.2, -0.15) is 0 Å². The molecule has 16 heteroatoms. The summed E-state index contributed by atoms with van der Waals surface area (Å²) in [6.45, 7) is 5.16. The van der Waals surface area contributed by atoms with Crippen LogP contribution in [-0.2, 0) is 57.6 Å². The molecule has 6 rings (SSSR count). The number of carboxylic acids is 2. The van der Waals surface area contributed by atoms with E-state index in [1.54, 1.807) is 0 Å². The second kappa shape index (κ2) is 26.9. The second-order valence-electron chi connectivity index (χ2n) is 16.8. The standard InChI is InChI=1S/C26H33BrN2O4.C24H27BrClFN2O4/c1-17-10-13-21(27)18(2)24(17)25(30)29-23(26(31)32)14-16-33-15-6-5-8-20-12-11-19-7-3-4-9-22(19)28-20;25-17-10-11-18(27)21(22(17)26)23(30)29-20(24(31)32)12-14-33-13-4-3-6-16-9-8-15-5-1-2-7-19(15)28-16/h10-13,23H,3-9,14-16H2,1-2H3,(H,29,30)(H,31,32);8-11,20H,1-7,12-14H2,(H,29,30)(H,31,32)/t23-;20-/m00/s1. The molecule has 2 aliphatic carbocycles. The highest BCUT2D eigenvalue weighted by Crippen LogP contribution is 2.29. The van der Waals surface area contributed by atoms with Crippen molar-refractivity contribution in [2.45, 2.75) is 129 Å². The minimum atomic E-state index is -1.23. The summed E-state index contributed by atoms with van der Waals surface area (Å²) in [5.74, 6) is -4.37. The van der Waals surface area contributed by atoms with Gasteiger partial charge in [0.2, 0.25) is 0 Å². The largest absolute Gasteiger partial charge is 0.480 e. The Labute approximate surface area is 408 Å². The molecule has 356 valence electrons. The van der Waals surface area contributed by atoms with E-state index in [2.05, 4.69) is 66.8 Å². The van der Waals surface area contributed by atoms with Crippen LogP contribution in [0.25, 0.3) is 0 Å². The molecule has 4 aromatic rings. The van der Waals surface area contributed by atoms with Crippen molar-refractivity contribution in [3.63, 3.8) is 0 Å². The molecule has 0 bridgehead atoms. The number of nitrogens with one attached hydrogen (secondary N) is 2. The molecule has 0 aliphatic heterocycles. The lowest BCUT2D eigenvalue weighted by Gasteiger charge is -2.17. The summed E-state index contributed by atoms with van der Waals surface area (Å²) in [5, 5.41) is 23.8. The molecular formula is C50H60Br2ClFN4O8. The average molecular weight is 1060 g/mol. The van der Waals surface area contributed by atoms with E-state index in [1.165, 1.54) is 54.3 Å². The average Bonchev–Trinajstić information content (AvgIpc) is 3.30. The summed E-state index contributed by atoms with van der Waals surface area (Å²) in [6, 6.07) is 12.6. The summed E-state index contributed by atoms with van der Waals surface area (Å²) >= 11 is 12.5. The first kappa shape index (κ1) is 52.7. The number of rotatable bonds is 22. The SMILES string of the molecule is Cc1ccc(Br)c(C)c1C(=O)N[C@@H](CCOCCCCc1ccc2c(n1)CCCC2)C(=O)O.O=C(N[C@@H](CCOCCCCc1ccc2c(n1)CCCC2)C(=O)O)c1c(F)ccc(Br)c1Cl. The van der Waals surface area contributed by atoms with Crippen LogP contribution >= 0.6 is 43.5 Å². The number of carboxylic acid groups (broad SMARTS) is 2. The maximum atomic E-state index is 14.0. The highest BCUT2D eigenvalue weighted by molar-refractivity contribution is 9.10. The fourth-order valence-electron chi connectivity index (χ4n) is 8.04. The summed E-state index contributed by atoms with van der Waals surface area (Å²) in [6.07, 6.45) is 15.1. The topological polar surface area (TPSA) is 177 Å². The number of fused-ring (bicyclic) bond motifs is 2. The van der Waals surface area contributed by atoms with Gasteiger partial charge in [0.1, 0.15) is 17.9 Å². The van der Waals surface area contributed by atoms with Gasteiger partial charge in [-0.05, 0) is 172 Å². The number of benzene rings is 2. The number of halogens is 4. The molecule has 2 atom stereocenters. The van der Waals surface area contributed by atoms with E-state index in [-0.39, 0.29) is 37.0 Å². The van der Waals surface area contributed by atoms with Crippen LogP contribution in [0.1, 0.15) is 130 Å². The molecule has 2 aliphatic rings. The Hall–Kier alpha value is -4.28. The number of aliphatic carboxylic acids is 2. The number of ether oxygens (including phenoxy) is 2. The molecule has 12 nitrogen and oxygen atoms in total. The minimum Gasteiger partial charge on any atom is -0.480 e. The first-order valence-electron chi connectivity index (χ1n) is 22.8. The third-order valence-corrected chi connectivity index (χ3v) is 14.0. The number of hydrogen-bond acceptors (Lipinski definition) is 8. The predicted octanol–water partition coefficient (Wildman–Crippen LogP) is 10.1. The Balaban J connectivity index is 0.000000247. The fourth-order valence-corrected chi connectivity index (χ4v) is 8.94. The maximum Gasteiger partial charge on any atom is 0.326 e. The molecule has 0 spiro atoms. The zero-order valence-electron chi connectivity index (χ0n) is 37.7. The van der Waals surface area contributed by atoms with Gasteiger partial charge in [0, 0.05) is 76.6 Å². The van der Waals surface area contributed by atoms with Gasteiger partial charge in [0.25, 0.3) is 11.8 Å². The van der Waals surface area contributed by atoms with Crippen LogP contribution in [0.3, 0.4) is 0 Å². The molecule has 0 saturated carbocycles. The van der Waals surface area contributed by atoms with Gasteiger partial charge < -0.3 is 30.3 Å². The van der Waals surface area contributed by atoms with E-state index >= 15 is 0 Å². The third-order valence-electron chi connectivity index (χ3n) is 11.8. The monoisotopic (exact) mass is 1060 g/mol. The molecule has 2 amide bonds. The summed E-state index contributed by atoms with van der Waals surface area (Å²) in [4.78, 5) is 57.8. The molecule has 0 radical (unpaired) electrons. The van der Waals surface area contributed by atoms with E-state index in [0.29, 0.717) is 23.2 Å². The van der Waals surface area contributed by atoms with Crippen LogP contribution in [0.15, 0.2) is 57.5 Å². The highest BCUT2D eigenvalue weighted by Gasteiger charge is 2.26. The molecule has 0 fully saturated rings. The van der Waals surface area contributed by atoms with E-state index in [9.17, 15) is 33.8 Å². The molecule has 2 heterocycles. The molecule has 2 aromatic carbocycles. The fraction of sp³-hybridized carbons (Fsp3) is 0.480. The summed E-state index contributed by atoms with van der Waals surface area (Å²) in [5.41, 5.74) is 9.23. The van der Waals surface area contributed by atoms with Crippen molar-refractivity contribution in [1.82, 2.24) is 20.6 Å². The lowest BCUT2D eigenvalue weighted by Crippen LogP contribution is -2.42. The molecule has 2 aromatic heterocycles. The highest BCUT2D eigenvalue weighted by atomic mass is 79.9. The smallest absolute Gasteiger partial charge is 0.326 e. The van der Waals surface area contributed by atoms with Gasteiger partial charge in [-0.3, -0.25) is 19.6 Å². The normalized spacial score (nSPS) is 13.9. The number of hydrogen-bond donors (Lipinski definition) is 4. The van der Waals surface area contributed by atoms with Gasteiger partial charge in [-0.15, -0.1) is 0 Å². The van der Waals surface area contributed by atoms with Gasteiger partial charge in [-0.25, -0.2) is 14.0 Å². The van der Waals surface area contributed by atoms with Gasteiger partial charge in [0.05, 0.1) is 10.6 Å². The lowest BCUT2D eigenvalue weighted by atomic mass is 9.95. The number of nitrogens with zero attached hydrogens (tertiary/aromatic N) is 2. The van der Waals surface area contributed by atoms with Crippen molar-refractivity contribution in [3.8, 4) is 0 Å². The third kappa shape index (κ3) is 15.9. The number of unbranched alkanes of at least 4 members (excludes halogenated alkanes) is 2. The number of amides is 2. The first-order chi connectivity index (χ1) is 31.7. The van der Waals surface area contributed by atoms with Crippen molar-refractivity contribution in [2.24, 2.45) is 0 Å². The number of aryl methyl sites for hydroxylation is 7. The van der Waals surface area contributed by atoms with Crippen LogP contribution in [0.5, 0.6) is 0 Å². The summed E-state index contributed by atoms with van der Waals surface area (Å²) < 4.78 is 26.4. The Bertz CT molecular complexity index is 2160. The number of pyridine rings is 2. The van der Waals surface area contributed by atoms with Crippen molar-refractivity contribution in [2.75, 3.05) is 26.4 Å². The Morgan fingerprint density at radius 2 is 1.12 bits per heavy atom. The Morgan fingerprint density at radius 1 is 0.652 bits per heavy atom. The predicted molar refractivity (Wildman–Crippen MR) is 259 cm³/mol. The molecule has 66 heavy (non-hydrogen) atoms. The minimum absolute atomic E-state index is 0.0562. The van der Waals surface area contributed by atoms with Gasteiger partial charge in [-0.1, -0.05) is 45.7 Å². The van der Waals surface area contributed by atoms with Crippen LogP contribution in [0.4, 0.5) is 4.39 Å². The lowest BCUT2D eigenvalue weighted by molar-refractivity contribution is -0.140. The Kier molecular flexibility index (Phi) is 21.5. The van der Waals surface area contributed by atoms with E-state index in [4.69, 9.17) is 31.0 Å². The van der Waals surface area contributed by atoms with Crippen LogP contribution < -0.4 is 10.6 Å². The van der Waals surface area contributed by atoms with Crippen LogP contribution in [0, 0.1) is 19.7 Å².